The molecule has 0 saturated carbocycles. The van der Waals surface area contributed by atoms with Gasteiger partial charge in [-0.25, -0.2) is 0 Å². The summed E-state index contributed by atoms with van der Waals surface area (Å²) < 4.78 is 0. The maximum Gasteiger partial charge on any atom is 0.294 e. The number of amides is 2. The fourth-order valence-electron chi connectivity index (χ4n) is 3.08. The molecule has 8 heteroatoms. The van der Waals surface area contributed by atoms with Gasteiger partial charge < -0.3 is 9.80 Å². The second kappa shape index (κ2) is 7.64. The molecule has 0 unspecified atom stereocenters. The van der Waals surface area contributed by atoms with Crippen LogP contribution in [0.1, 0.15) is 0 Å². The Labute approximate surface area is 150 Å². The highest BCUT2D eigenvalue weighted by Gasteiger charge is 2.25. The van der Waals surface area contributed by atoms with E-state index in [2.05, 4.69) is 4.90 Å². The molecule has 134 valence electrons. The highest BCUT2D eigenvalue weighted by atomic mass is 16.6. The molecule has 1 aliphatic heterocycles. The minimum Gasteiger partial charge on any atom is -0.368 e. The molecule has 0 aromatic heterocycles. The molecule has 1 saturated heterocycles. The number of carbonyl (C=O) groups excluding carboxylic acids is 2. The van der Waals surface area contributed by atoms with Gasteiger partial charge in [0, 0.05) is 37.9 Å². The van der Waals surface area contributed by atoms with Crippen LogP contribution in [0.25, 0.3) is 0 Å². The molecule has 1 aliphatic rings. The predicted octanol–water partition coefficient (Wildman–Crippen LogP) is 2.04. The second-order valence-electron chi connectivity index (χ2n) is 5.86. The number of benzene rings is 2. The smallest absolute Gasteiger partial charge is 0.294 e. The van der Waals surface area contributed by atoms with Crippen LogP contribution in [-0.4, -0.2) is 43.9 Å². The average molecular weight is 354 g/mol. The monoisotopic (exact) mass is 354 g/mol. The van der Waals surface area contributed by atoms with Crippen LogP contribution >= 0.6 is 0 Å². The van der Waals surface area contributed by atoms with Crippen molar-refractivity contribution < 1.29 is 14.5 Å². The SMILES string of the molecule is O=CN(C=O)c1ccc(N2CCN(c3ccccc3)CC2)c([N+](=O)[O-])c1. The van der Waals surface area contributed by atoms with Crippen LogP contribution in [-0.2, 0) is 9.59 Å². The van der Waals surface area contributed by atoms with Gasteiger partial charge in [0.25, 0.3) is 5.69 Å². The first-order chi connectivity index (χ1) is 12.6. The van der Waals surface area contributed by atoms with E-state index in [9.17, 15) is 19.7 Å². The summed E-state index contributed by atoms with van der Waals surface area (Å²) in [4.78, 5) is 37.7. The third-order valence-electron chi connectivity index (χ3n) is 4.42. The maximum absolute atomic E-state index is 11.5. The Bertz CT molecular complexity index is 796. The van der Waals surface area contributed by atoms with Crippen molar-refractivity contribution >= 4 is 35.6 Å². The van der Waals surface area contributed by atoms with E-state index in [1.54, 1.807) is 6.07 Å². The third-order valence-corrected chi connectivity index (χ3v) is 4.42. The second-order valence-corrected chi connectivity index (χ2v) is 5.86. The van der Waals surface area contributed by atoms with E-state index in [0.717, 1.165) is 23.7 Å². The van der Waals surface area contributed by atoms with E-state index >= 15 is 0 Å². The van der Waals surface area contributed by atoms with Crippen LogP contribution < -0.4 is 14.7 Å². The molecule has 0 aliphatic carbocycles. The van der Waals surface area contributed by atoms with E-state index in [4.69, 9.17) is 0 Å². The number of hydrogen-bond acceptors (Lipinski definition) is 6. The average Bonchev–Trinajstić information content (AvgIpc) is 2.69. The summed E-state index contributed by atoms with van der Waals surface area (Å²) in [6.07, 6.45) is 0.648. The van der Waals surface area contributed by atoms with Gasteiger partial charge in [0.2, 0.25) is 12.8 Å². The summed E-state index contributed by atoms with van der Waals surface area (Å²) in [6.45, 7) is 2.77. The van der Waals surface area contributed by atoms with Gasteiger partial charge in [0.1, 0.15) is 5.69 Å². The van der Waals surface area contributed by atoms with Crippen LogP contribution in [0.15, 0.2) is 48.5 Å². The van der Waals surface area contributed by atoms with Crippen molar-refractivity contribution in [2.24, 2.45) is 0 Å². The minimum atomic E-state index is -0.490. The van der Waals surface area contributed by atoms with Gasteiger partial charge in [0.05, 0.1) is 10.6 Å². The molecule has 2 amide bonds. The van der Waals surface area contributed by atoms with Crippen molar-refractivity contribution in [2.75, 3.05) is 40.9 Å². The molecule has 0 spiro atoms. The lowest BCUT2D eigenvalue weighted by molar-refractivity contribution is -0.384. The van der Waals surface area contributed by atoms with E-state index < -0.39 is 4.92 Å². The summed E-state index contributed by atoms with van der Waals surface area (Å²) in [7, 11) is 0. The van der Waals surface area contributed by atoms with E-state index in [1.807, 2.05) is 35.2 Å². The fraction of sp³-hybridized carbons (Fsp3) is 0.222. The Balaban J connectivity index is 1.80. The van der Waals surface area contributed by atoms with Gasteiger partial charge >= 0.3 is 0 Å². The molecular weight excluding hydrogens is 336 g/mol. The van der Waals surface area contributed by atoms with Crippen LogP contribution in [0.5, 0.6) is 0 Å². The summed E-state index contributed by atoms with van der Waals surface area (Å²) in [5.41, 5.74) is 1.67. The summed E-state index contributed by atoms with van der Waals surface area (Å²) in [6, 6.07) is 14.4. The lowest BCUT2D eigenvalue weighted by Gasteiger charge is -2.37. The number of para-hydroxylation sites is 1. The molecule has 26 heavy (non-hydrogen) atoms. The van der Waals surface area contributed by atoms with Gasteiger partial charge in [-0.3, -0.25) is 24.6 Å². The largest absolute Gasteiger partial charge is 0.368 e. The number of anilines is 3. The molecule has 1 fully saturated rings. The number of hydrogen-bond donors (Lipinski definition) is 0. The Kier molecular flexibility index (Phi) is 5.12. The Hall–Kier alpha value is -3.42. The molecule has 0 atom stereocenters. The zero-order valence-corrected chi connectivity index (χ0v) is 14.0. The van der Waals surface area contributed by atoms with E-state index in [0.29, 0.717) is 31.6 Å². The van der Waals surface area contributed by atoms with Crippen molar-refractivity contribution in [3.05, 3.63) is 58.6 Å². The standard InChI is InChI=1S/C18H18N4O4/c23-13-21(14-24)16-6-7-17(18(12-16)22(25)26)20-10-8-19(9-11-20)15-4-2-1-3-5-15/h1-7,12-14H,8-11H2. The normalized spacial score (nSPS) is 14.0. The van der Waals surface area contributed by atoms with Crippen LogP contribution in [0.3, 0.4) is 0 Å². The van der Waals surface area contributed by atoms with Crippen molar-refractivity contribution in [3.8, 4) is 0 Å². The van der Waals surface area contributed by atoms with Crippen molar-refractivity contribution in [2.45, 2.75) is 0 Å². The molecule has 0 radical (unpaired) electrons. The van der Waals surface area contributed by atoms with Gasteiger partial charge in [-0.05, 0) is 24.3 Å². The quantitative estimate of drug-likeness (QED) is 0.448. The molecular formula is C18H18N4O4. The molecule has 3 rings (SSSR count). The van der Waals surface area contributed by atoms with Gasteiger partial charge in [-0.1, -0.05) is 18.2 Å². The lowest BCUT2D eigenvalue weighted by Crippen LogP contribution is -2.46. The number of nitro groups is 1. The molecule has 1 heterocycles. The maximum atomic E-state index is 11.5. The van der Waals surface area contributed by atoms with Crippen LogP contribution in [0.2, 0.25) is 0 Å². The van der Waals surface area contributed by atoms with Crippen LogP contribution in [0, 0.1) is 10.1 Å². The van der Waals surface area contributed by atoms with Crippen molar-refractivity contribution in [1.29, 1.82) is 0 Å². The first-order valence-electron chi connectivity index (χ1n) is 8.16. The first kappa shape index (κ1) is 17.4. The third kappa shape index (κ3) is 3.49. The molecule has 2 aromatic carbocycles. The highest BCUT2D eigenvalue weighted by Crippen LogP contribution is 2.33. The van der Waals surface area contributed by atoms with Crippen molar-refractivity contribution in [1.82, 2.24) is 0 Å². The highest BCUT2D eigenvalue weighted by molar-refractivity contribution is 5.96. The number of piperazine rings is 1. The van der Waals surface area contributed by atoms with E-state index in [-0.39, 0.29) is 11.4 Å². The topological polar surface area (TPSA) is 87.0 Å². The minimum absolute atomic E-state index is 0.121. The zero-order valence-electron chi connectivity index (χ0n) is 14.0. The molecule has 0 N–H and O–H groups in total. The fourth-order valence-corrected chi connectivity index (χ4v) is 3.08. The summed E-state index contributed by atoms with van der Waals surface area (Å²) in [5.74, 6) is 0. The number of carbonyl (C=O) groups is 2. The first-order valence-corrected chi connectivity index (χ1v) is 8.16. The lowest BCUT2D eigenvalue weighted by atomic mass is 10.1. The number of rotatable bonds is 6. The Morgan fingerprint density at radius 3 is 2.12 bits per heavy atom. The van der Waals surface area contributed by atoms with Gasteiger partial charge in [-0.15, -0.1) is 0 Å². The number of imide groups is 1. The molecule has 0 bridgehead atoms. The van der Waals surface area contributed by atoms with Gasteiger partial charge in [-0.2, -0.15) is 0 Å². The van der Waals surface area contributed by atoms with Crippen molar-refractivity contribution in [3.63, 3.8) is 0 Å². The number of nitrogens with zero attached hydrogens (tertiary/aromatic N) is 4. The Morgan fingerprint density at radius 1 is 0.923 bits per heavy atom. The molecule has 8 nitrogen and oxygen atoms in total. The number of nitro benzene ring substituents is 1. The predicted molar refractivity (Wildman–Crippen MR) is 98.6 cm³/mol. The Morgan fingerprint density at radius 2 is 1.54 bits per heavy atom. The van der Waals surface area contributed by atoms with E-state index in [1.165, 1.54) is 12.1 Å². The summed E-state index contributed by atoms with van der Waals surface area (Å²) >= 11 is 0. The van der Waals surface area contributed by atoms with Gasteiger partial charge in [0.15, 0.2) is 0 Å². The van der Waals surface area contributed by atoms with Crippen LogP contribution in [0.4, 0.5) is 22.7 Å². The summed E-state index contributed by atoms with van der Waals surface area (Å²) in [5, 5.41) is 11.5. The zero-order chi connectivity index (χ0) is 18.5. The molecule has 2 aromatic rings.